The van der Waals surface area contributed by atoms with Crippen LogP contribution in [-0.2, 0) is 29.7 Å². The van der Waals surface area contributed by atoms with Crippen LogP contribution >= 0.6 is 11.3 Å². The first kappa shape index (κ1) is 13.8. The third-order valence-corrected chi connectivity index (χ3v) is 3.47. The van der Waals surface area contributed by atoms with Gasteiger partial charge in [-0.2, -0.15) is 5.10 Å². The van der Waals surface area contributed by atoms with Gasteiger partial charge in [-0.1, -0.05) is 6.07 Å². The van der Waals surface area contributed by atoms with Gasteiger partial charge in [-0.15, -0.1) is 11.3 Å². The van der Waals surface area contributed by atoms with Crippen LogP contribution in [0.2, 0.25) is 0 Å². The molecule has 0 fully saturated rings. The Bertz CT molecular complexity index is 534. The summed E-state index contributed by atoms with van der Waals surface area (Å²) in [6, 6.07) is 4.00. The van der Waals surface area contributed by atoms with Crippen LogP contribution in [0.5, 0.6) is 0 Å². The van der Waals surface area contributed by atoms with Crippen molar-refractivity contribution in [2.24, 2.45) is 7.05 Å². The molecule has 0 aromatic carbocycles. The highest BCUT2D eigenvalue weighted by atomic mass is 32.1. The zero-order valence-corrected chi connectivity index (χ0v) is 11.8. The predicted octanol–water partition coefficient (Wildman–Crippen LogP) is 2.38. The average Bonchev–Trinajstić information content (AvgIpc) is 3.01. The molecular formula is C13H16N2O3S. The van der Waals surface area contributed by atoms with Crippen molar-refractivity contribution >= 4 is 17.3 Å². The van der Waals surface area contributed by atoms with E-state index in [9.17, 15) is 4.79 Å². The zero-order chi connectivity index (χ0) is 13.7. The number of aromatic nitrogens is 2. The third-order valence-electron chi connectivity index (χ3n) is 2.62. The van der Waals surface area contributed by atoms with Crippen molar-refractivity contribution in [3.05, 3.63) is 39.8 Å². The molecule has 0 atom stereocenters. The molecule has 0 amide bonds. The maximum atomic E-state index is 11.7. The van der Waals surface area contributed by atoms with E-state index < -0.39 is 0 Å². The van der Waals surface area contributed by atoms with E-state index in [1.165, 1.54) is 6.20 Å². The predicted molar refractivity (Wildman–Crippen MR) is 72.0 cm³/mol. The summed E-state index contributed by atoms with van der Waals surface area (Å²) in [5, 5.41) is 6.08. The monoisotopic (exact) mass is 280 g/mol. The molecule has 0 bridgehead atoms. The van der Waals surface area contributed by atoms with Crippen LogP contribution in [0.15, 0.2) is 23.7 Å². The van der Waals surface area contributed by atoms with Gasteiger partial charge >= 0.3 is 5.97 Å². The first-order chi connectivity index (χ1) is 9.22. The molecule has 0 spiro atoms. The summed E-state index contributed by atoms with van der Waals surface area (Å²) >= 11 is 1.64. The molecule has 2 heterocycles. The SMILES string of the molecule is CCOC(=O)c1cnn(C)c1COCc1cccs1. The van der Waals surface area contributed by atoms with E-state index in [2.05, 4.69) is 5.10 Å². The summed E-state index contributed by atoms with van der Waals surface area (Å²) in [6.07, 6.45) is 1.52. The molecule has 0 saturated carbocycles. The molecule has 0 radical (unpaired) electrons. The number of hydrogen-bond acceptors (Lipinski definition) is 5. The van der Waals surface area contributed by atoms with Gasteiger partial charge in [0.15, 0.2) is 0 Å². The van der Waals surface area contributed by atoms with Crippen LogP contribution in [0, 0.1) is 0 Å². The van der Waals surface area contributed by atoms with Crippen molar-refractivity contribution in [1.82, 2.24) is 9.78 Å². The minimum Gasteiger partial charge on any atom is -0.462 e. The highest BCUT2D eigenvalue weighted by Crippen LogP contribution is 2.14. The quantitative estimate of drug-likeness (QED) is 0.762. The van der Waals surface area contributed by atoms with Gasteiger partial charge in [0.1, 0.15) is 5.56 Å². The molecule has 2 aromatic heterocycles. The lowest BCUT2D eigenvalue weighted by Gasteiger charge is -2.06. The first-order valence-corrected chi connectivity index (χ1v) is 6.88. The van der Waals surface area contributed by atoms with Gasteiger partial charge in [0.05, 0.1) is 31.7 Å². The molecule has 0 aliphatic heterocycles. The highest BCUT2D eigenvalue weighted by molar-refractivity contribution is 7.09. The molecule has 0 aliphatic rings. The van der Waals surface area contributed by atoms with Gasteiger partial charge in [0, 0.05) is 11.9 Å². The van der Waals surface area contributed by atoms with Crippen LogP contribution < -0.4 is 0 Å². The van der Waals surface area contributed by atoms with E-state index in [1.54, 1.807) is 30.0 Å². The Kier molecular flexibility index (Phi) is 4.70. The highest BCUT2D eigenvalue weighted by Gasteiger charge is 2.17. The maximum Gasteiger partial charge on any atom is 0.341 e. The van der Waals surface area contributed by atoms with Crippen LogP contribution in [-0.4, -0.2) is 22.4 Å². The van der Waals surface area contributed by atoms with Crippen molar-refractivity contribution in [2.45, 2.75) is 20.1 Å². The topological polar surface area (TPSA) is 53.3 Å². The van der Waals surface area contributed by atoms with E-state index in [4.69, 9.17) is 9.47 Å². The Morgan fingerprint density at radius 3 is 3.00 bits per heavy atom. The molecule has 0 saturated heterocycles. The molecule has 102 valence electrons. The second-order valence-electron chi connectivity index (χ2n) is 3.92. The standard InChI is InChI=1S/C13H16N2O3S/c1-3-18-13(16)11-7-14-15(2)12(11)9-17-8-10-5-4-6-19-10/h4-7H,3,8-9H2,1-2H3. The van der Waals surface area contributed by atoms with Gasteiger partial charge < -0.3 is 9.47 Å². The van der Waals surface area contributed by atoms with Crippen molar-refractivity contribution < 1.29 is 14.3 Å². The number of esters is 1. The van der Waals surface area contributed by atoms with Gasteiger partial charge in [-0.3, -0.25) is 4.68 Å². The minimum atomic E-state index is -0.356. The normalized spacial score (nSPS) is 10.6. The lowest BCUT2D eigenvalue weighted by atomic mass is 10.2. The second kappa shape index (κ2) is 6.49. The number of thiophene rings is 1. The summed E-state index contributed by atoms with van der Waals surface area (Å²) < 4.78 is 12.2. The number of ether oxygens (including phenoxy) is 2. The van der Waals surface area contributed by atoms with Crippen LogP contribution in [0.4, 0.5) is 0 Å². The third kappa shape index (κ3) is 3.42. The number of nitrogens with zero attached hydrogens (tertiary/aromatic N) is 2. The summed E-state index contributed by atoms with van der Waals surface area (Å²) in [7, 11) is 1.78. The summed E-state index contributed by atoms with van der Waals surface area (Å²) in [5.74, 6) is -0.356. The van der Waals surface area contributed by atoms with E-state index in [0.717, 1.165) is 10.6 Å². The average molecular weight is 280 g/mol. The van der Waals surface area contributed by atoms with Crippen molar-refractivity contribution in [1.29, 1.82) is 0 Å². The Hall–Kier alpha value is -1.66. The Morgan fingerprint density at radius 2 is 2.32 bits per heavy atom. The molecule has 0 aliphatic carbocycles. The zero-order valence-electron chi connectivity index (χ0n) is 11.0. The van der Waals surface area contributed by atoms with Crippen LogP contribution in [0.1, 0.15) is 27.9 Å². The lowest BCUT2D eigenvalue weighted by molar-refractivity contribution is 0.0515. The fourth-order valence-electron chi connectivity index (χ4n) is 1.66. The van der Waals surface area contributed by atoms with Gasteiger partial charge in [0.2, 0.25) is 0 Å². The Labute approximate surface area is 115 Å². The van der Waals surface area contributed by atoms with Crippen molar-refractivity contribution in [2.75, 3.05) is 6.61 Å². The smallest absolute Gasteiger partial charge is 0.341 e. The van der Waals surface area contributed by atoms with E-state index in [1.807, 2.05) is 17.5 Å². The van der Waals surface area contributed by atoms with Gasteiger partial charge in [-0.05, 0) is 18.4 Å². The molecule has 0 N–H and O–H groups in total. The molecule has 0 unspecified atom stereocenters. The number of aryl methyl sites for hydroxylation is 1. The van der Waals surface area contributed by atoms with Gasteiger partial charge in [0.25, 0.3) is 0 Å². The van der Waals surface area contributed by atoms with E-state index in [-0.39, 0.29) is 5.97 Å². The molecule has 2 aromatic rings. The summed E-state index contributed by atoms with van der Waals surface area (Å²) in [6.45, 7) is 3.00. The molecular weight excluding hydrogens is 264 g/mol. The maximum absolute atomic E-state index is 11.7. The fourth-order valence-corrected chi connectivity index (χ4v) is 2.30. The fraction of sp³-hybridized carbons (Fsp3) is 0.385. The lowest BCUT2D eigenvalue weighted by Crippen LogP contribution is -2.10. The molecule has 5 nitrogen and oxygen atoms in total. The van der Waals surface area contributed by atoms with E-state index >= 15 is 0 Å². The largest absolute Gasteiger partial charge is 0.462 e. The number of hydrogen-bond donors (Lipinski definition) is 0. The first-order valence-electron chi connectivity index (χ1n) is 6.00. The molecule has 6 heteroatoms. The summed E-state index contributed by atoms with van der Waals surface area (Å²) in [4.78, 5) is 12.9. The number of carbonyl (C=O) groups is 1. The number of carbonyl (C=O) groups excluding carboxylic acids is 1. The summed E-state index contributed by atoms with van der Waals surface area (Å²) in [5.41, 5.74) is 1.20. The van der Waals surface area contributed by atoms with Gasteiger partial charge in [-0.25, -0.2) is 4.79 Å². The van der Waals surface area contributed by atoms with Crippen LogP contribution in [0.3, 0.4) is 0 Å². The molecule has 19 heavy (non-hydrogen) atoms. The molecule has 2 rings (SSSR count). The van der Waals surface area contributed by atoms with Crippen LogP contribution in [0.25, 0.3) is 0 Å². The minimum absolute atomic E-state index is 0.336. The van der Waals surface area contributed by atoms with Crippen molar-refractivity contribution in [3.8, 4) is 0 Å². The Morgan fingerprint density at radius 1 is 1.47 bits per heavy atom. The van der Waals surface area contributed by atoms with E-state index in [0.29, 0.717) is 25.4 Å². The second-order valence-corrected chi connectivity index (χ2v) is 4.95. The van der Waals surface area contributed by atoms with Crippen molar-refractivity contribution in [3.63, 3.8) is 0 Å². The number of rotatable bonds is 6. The Balaban J connectivity index is 1.99.